The quantitative estimate of drug-likeness (QED) is 0.731. The Balaban J connectivity index is 1.88. The van der Waals surface area contributed by atoms with Crippen LogP contribution in [-0.4, -0.2) is 51.6 Å². The number of piperidine rings is 1. The van der Waals surface area contributed by atoms with Gasteiger partial charge in [0.25, 0.3) is 0 Å². The zero-order valence-corrected chi connectivity index (χ0v) is 16.9. The average Bonchev–Trinajstić information content (AvgIpc) is 2.58. The summed E-state index contributed by atoms with van der Waals surface area (Å²) in [6.07, 6.45) is 1.74. The summed E-state index contributed by atoms with van der Waals surface area (Å²) < 4.78 is 28.7. The molecule has 0 aliphatic carbocycles. The van der Waals surface area contributed by atoms with Gasteiger partial charge in [0.15, 0.2) is 14.6 Å². The van der Waals surface area contributed by atoms with E-state index in [1.165, 1.54) is 5.56 Å². The highest BCUT2D eigenvalue weighted by molar-refractivity contribution is 7.92. The molecule has 146 valence electrons. The molecule has 1 aliphatic heterocycles. The summed E-state index contributed by atoms with van der Waals surface area (Å²) in [5.74, 6) is 0.306. The molecule has 0 aromatic heterocycles. The number of benzene rings is 1. The Hall–Kier alpha value is -1.60. The maximum absolute atomic E-state index is 12.6. The van der Waals surface area contributed by atoms with Crippen LogP contribution in [0.5, 0.6) is 5.75 Å². The van der Waals surface area contributed by atoms with Crippen LogP contribution in [0, 0.1) is 0 Å². The zero-order valence-electron chi connectivity index (χ0n) is 16.1. The van der Waals surface area contributed by atoms with Crippen molar-refractivity contribution >= 4 is 15.7 Å². The highest BCUT2D eigenvalue weighted by Gasteiger charge is 2.48. The van der Waals surface area contributed by atoms with Crippen LogP contribution in [0.3, 0.4) is 0 Å². The van der Waals surface area contributed by atoms with Gasteiger partial charge >= 0.3 is 0 Å². The maximum Gasteiger partial charge on any atom is 0.241 e. The minimum Gasteiger partial charge on any atom is -0.492 e. The number of carbonyl (C=O) groups is 1. The first-order chi connectivity index (χ1) is 12.1. The predicted molar refractivity (Wildman–Crippen MR) is 103 cm³/mol. The number of amides is 1. The number of nitrogens with one attached hydrogen (secondary N) is 2. The van der Waals surface area contributed by atoms with E-state index in [1.807, 2.05) is 24.3 Å². The van der Waals surface area contributed by atoms with Gasteiger partial charge in [-0.05, 0) is 49.0 Å². The van der Waals surface area contributed by atoms with E-state index in [9.17, 15) is 13.2 Å². The molecule has 1 aromatic carbocycles. The van der Waals surface area contributed by atoms with E-state index in [1.54, 1.807) is 0 Å². The Morgan fingerprint density at radius 2 is 1.77 bits per heavy atom. The topological polar surface area (TPSA) is 84.5 Å². The van der Waals surface area contributed by atoms with Crippen LogP contribution < -0.4 is 15.4 Å². The van der Waals surface area contributed by atoms with Gasteiger partial charge in [0, 0.05) is 6.26 Å². The summed E-state index contributed by atoms with van der Waals surface area (Å²) in [5, 5.41) is 5.84. The fraction of sp³-hybridized carbons (Fsp3) is 0.632. The first kappa shape index (κ1) is 20.7. The number of hydrogen-bond donors (Lipinski definition) is 2. The largest absolute Gasteiger partial charge is 0.492 e. The fourth-order valence-electron chi connectivity index (χ4n) is 3.14. The van der Waals surface area contributed by atoms with Crippen LogP contribution in [0.15, 0.2) is 24.3 Å². The lowest BCUT2D eigenvalue weighted by Gasteiger charge is -2.34. The molecule has 1 heterocycles. The molecule has 2 N–H and O–H groups in total. The average molecular weight is 383 g/mol. The van der Waals surface area contributed by atoms with Crippen molar-refractivity contribution in [3.8, 4) is 5.75 Å². The maximum atomic E-state index is 12.6. The molecule has 2 rings (SSSR count). The van der Waals surface area contributed by atoms with E-state index in [4.69, 9.17) is 4.74 Å². The summed E-state index contributed by atoms with van der Waals surface area (Å²) in [6.45, 7) is 8.06. The van der Waals surface area contributed by atoms with E-state index in [0.29, 0.717) is 32.5 Å². The van der Waals surface area contributed by atoms with Crippen molar-refractivity contribution in [2.45, 2.75) is 43.8 Å². The second-order valence-electron chi connectivity index (χ2n) is 7.90. The molecule has 1 fully saturated rings. The van der Waals surface area contributed by atoms with Crippen molar-refractivity contribution in [1.29, 1.82) is 0 Å². The first-order valence-corrected chi connectivity index (χ1v) is 10.9. The van der Waals surface area contributed by atoms with E-state index in [-0.39, 0.29) is 12.0 Å². The van der Waals surface area contributed by atoms with Gasteiger partial charge < -0.3 is 15.4 Å². The van der Waals surface area contributed by atoms with Gasteiger partial charge in [-0.3, -0.25) is 4.79 Å². The summed E-state index contributed by atoms with van der Waals surface area (Å²) in [4.78, 5) is 12.6. The van der Waals surface area contributed by atoms with Crippen LogP contribution >= 0.6 is 0 Å². The Morgan fingerprint density at radius 1 is 1.19 bits per heavy atom. The van der Waals surface area contributed by atoms with Crippen LogP contribution in [0.25, 0.3) is 0 Å². The van der Waals surface area contributed by atoms with E-state index in [0.717, 1.165) is 12.0 Å². The number of hydrogen-bond acceptors (Lipinski definition) is 5. The van der Waals surface area contributed by atoms with Crippen molar-refractivity contribution in [1.82, 2.24) is 10.6 Å². The lowest BCUT2D eigenvalue weighted by Crippen LogP contribution is -2.57. The second-order valence-corrected chi connectivity index (χ2v) is 10.2. The SMILES string of the molecule is CC(C)(C)c1ccc(OCCNC(=O)C2(S(C)(=O)=O)CCNCC2)cc1. The molecule has 0 atom stereocenters. The molecular formula is C19H30N2O4S. The molecule has 26 heavy (non-hydrogen) atoms. The molecule has 0 unspecified atom stereocenters. The molecule has 6 nitrogen and oxygen atoms in total. The standard InChI is InChI=1S/C19H30N2O4S/c1-18(2,3)15-5-7-16(8-6-15)25-14-13-21-17(22)19(26(4,23)24)9-11-20-12-10-19/h5-8,20H,9-14H2,1-4H3,(H,21,22). The van der Waals surface area contributed by atoms with Crippen LogP contribution in [0.1, 0.15) is 39.2 Å². The first-order valence-electron chi connectivity index (χ1n) is 8.98. The third-order valence-corrected chi connectivity index (χ3v) is 6.92. The highest BCUT2D eigenvalue weighted by Crippen LogP contribution is 2.28. The number of ether oxygens (including phenoxy) is 1. The number of rotatable bonds is 6. The van der Waals surface area contributed by atoms with E-state index >= 15 is 0 Å². The van der Waals surface area contributed by atoms with E-state index in [2.05, 4.69) is 31.4 Å². The molecule has 0 radical (unpaired) electrons. The Kier molecular flexibility index (Phi) is 6.34. The lowest BCUT2D eigenvalue weighted by atomic mass is 9.87. The summed E-state index contributed by atoms with van der Waals surface area (Å²) >= 11 is 0. The van der Waals surface area contributed by atoms with E-state index < -0.39 is 20.5 Å². The van der Waals surface area contributed by atoms with Gasteiger partial charge in [0.1, 0.15) is 12.4 Å². The zero-order chi connectivity index (χ0) is 19.4. The normalized spacial score (nSPS) is 17.5. The van der Waals surface area contributed by atoms with Crippen LogP contribution in [-0.2, 0) is 20.0 Å². The summed E-state index contributed by atoms with van der Waals surface area (Å²) in [7, 11) is -3.49. The Labute approximate surface area is 156 Å². The number of carbonyl (C=O) groups excluding carboxylic acids is 1. The fourth-order valence-corrected chi connectivity index (χ4v) is 4.50. The third-order valence-electron chi connectivity index (χ3n) is 4.91. The molecule has 1 amide bonds. The van der Waals surface area contributed by atoms with Gasteiger partial charge in [0.2, 0.25) is 5.91 Å². The monoisotopic (exact) mass is 382 g/mol. The Bertz CT molecular complexity index is 715. The molecule has 0 bridgehead atoms. The van der Waals surface area contributed by atoms with Gasteiger partial charge in [-0.25, -0.2) is 8.42 Å². The summed E-state index contributed by atoms with van der Waals surface area (Å²) in [5.41, 5.74) is 1.31. The van der Waals surface area contributed by atoms with Crippen molar-refractivity contribution in [2.75, 3.05) is 32.5 Å². The van der Waals surface area contributed by atoms with Gasteiger partial charge in [-0.2, -0.15) is 0 Å². The van der Waals surface area contributed by atoms with Gasteiger partial charge in [0.05, 0.1) is 6.54 Å². The van der Waals surface area contributed by atoms with Crippen molar-refractivity contribution in [3.05, 3.63) is 29.8 Å². The molecule has 1 saturated heterocycles. The van der Waals surface area contributed by atoms with Crippen molar-refractivity contribution in [3.63, 3.8) is 0 Å². The minimum atomic E-state index is -3.49. The smallest absolute Gasteiger partial charge is 0.241 e. The van der Waals surface area contributed by atoms with Crippen LogP contribution in [0.2, 0.25) is 0 Å². The number of sulfone groups is 1. The lowest BCUT2D eigenvalue weighted by molar-refractivity contribution is -0.124. The molecule has 1 aliphatic rings. The third kappa shape index (κ3) is 4.76. The summed E-state index contributed by atoms with van der Waals surface area (Å²) in [6, 6.07) is 7.88. The Morgan fingerprint density at radius 3 is 2.27 bits per heavy atom. The van der Waals surface area contributed by atoms with Gasteiger partial charge in [-0.15, -0.1) is 0 Å². The minimum absolute atomic E-state index is 0.0846. The molecule has 7 heteroatoms. The second kappa shape index (κ2) is 7.96. The predicted octanol–water partition coefficient (Wildman–Crippen LogP) is 1.65. The van der Waals surface area contributed by atoms with Gasteiger partial charge in [-0.1, -0.05) is 32.9 Å². The molecule has 1 aromatic rings. The van der Waals surface area contributed by atoms with Crippen LogP contribution in [0.4, 0.5) is 0 Å². The molecule has 0 spiro atoms. The molecular weight excluding hydrogens is 352 g/mol. The highest BCUT2D eigenvalue weighted by atomic mass is 32.2. The van der Waals surface area contributed by atoms with Crippen molar-refractivity contribution < 1.29 is 17.9 Å². The van der Waals surface area contributed by atoms with Crippen molar-refractivity contribution in [2.24, 2.45) is 0 Å². The molecule has 0 saturated carbocycles.